The zero-order chi connectivity index (χ0) is 21.1. The van der Waals surface area contributed by atoms with Crippen LogP contribution in [0.2, 0.25) is 0 Å². The number of aryl methyl sites for hydroxylation is 1. The van der Waals surface area contributed by atoms with Gasteiger partial charge in [0, 0.05) is 11.6 Å². The number of rotatable bonds is 6. The highest BCUT2D eigenvalue weighted by Crippen LogP contribution is 2.23. The third-order valence-corrected chi connectivity index (χ3v) is 5.42. The summed E-state index contributed by atoms with van der Waals surface area (Å²) in [4.78, 5) is 29.7. The molecule has 0 saturated carbocycles. The van der Waals surface area contributed by atoms with E-state index in [1.165, 1.54) is 21.9 Å². The smallest absolute Gasteiger partial charge is 0.275 e. The van der Waals surface area contributed by atoms with Crippen LogP contribution >= 0.6 is 11.3 Å². The molecule has 152 valence electrons. The summed E-state index contributed by atoms with van der Waals surface area (Å²) in [6.07, 6.45) is -0.675. The highest BCUT2D eigenvalue weighted by atomic mass is 32.1. The quantitative estimate of drug-likeness (QED) is 0.518. The van der Waals surface area contributed by atoms with E-state index in [1.54, 1.807) is 6.92 Å². The molecule has 1 N–H and O–H groups in total. The molecule has 0 spiro atoms. The van der Waals surface area contributed by atoms with Crippen LogP contribution in [0.5, 0.6) is 5.75 Å². The Kier molecular flexibility index (Phi) is 5.58. The number of amides is 1. The molecule has 2 aromatic carbocycles. The van der Waals surface area contributed by atoms with Gasteiger partial charge in [0.2, 0.25) is 4.96 Å². The summed E-state index contributed by atoms with van der Waals surface area (Å²) in [6, 6.07) is 18.5. The molecule has 2 heterocycles. The molecule has 8 heteroatoms. The summed E-state index contributed by atoms with van der Waals surface area (Å²) in [7, 11) is 0. The standard InChI is InChI=1S/C22H20N4O3S/c1-14-8-10-18(11-9-14)29-15(2)20(28)23-13-17-12-19(27)26-22(24-17)30-21(25-26)16-6-4-3-5-7-16/h3-12,15H,13H2,1-2H3,(H,23,28)/t15-/m0/s1. The van der Waals surface area contributed by atoms with Crippen LogP contribution in [-0.4, -0.2) is 26.6 Å². The van der Waals surface area contributed by atoms with Crippen LogP contribution < -0.4 is 15.6 Å². The number of benzene rings is 2. The van der Waals surface area contributed by atoms with E-state index in [2.05, 4.69) is 15.4 Å². The fourth-order valence-corrected chi connectivity index (χ4v) is 3.77. The van der Waals surface area contributed by atoms with Crippen molar-refractivity contribution in [3.8, 4) is 16.3 Å². The normalized spacial score (nSPS) is 11.9. The molecular formula is C22H20N4O3S. The predicted octanol–water partition coefficient (Wildman–Crippen LogP) is 3.21. The summed E-state index contributed by atoms with van der Waals surface area (Å²) in [5.41, 5.74) is 2.22. The number of hydrogen-bond donors (Lipinski definition) is 1. The van der Waals surface area contributed by atoms with Gasteiger partial charge in [0.05, 0.1) is 12.2 Å². The lowest BCUT2D eigenvalue weighted by molar-refractivity contribution is -0.127. The third kappa shape index (κ3) is 4.38. The summed E-state index contributed by atoms with van der Waals surface area (Å²) in [6.45, 7) is 3.79. The Balaban J connectivity index is 1.45. The number of nitrogens with one attached hydrogen (secondary N) is 1. The van der Waals surface area contributed by atoms with Crippen molar-refractivity contribution >= 4 is 22.2 Å². The van der Waals surface area contributed by atoms with Crippen molar-refractivity contribution < 1.29 is 9.53 Å². The zero-order valence-electron chi connectivity index (χ0n) is 16.5. The lowest BCUT2D eigenvalue weighted by Crippen LogP contribution is -2.36. The molecule has 1 atom stereocenters. The van der Waals surface area contributed by atoms with E-state index in [9.17, 15) is 9.59 Å². The first kappa shape index (κ1) is 19.8. The molecule has 30 heavy (non-hydrogen) atoms. The monoisotopic (exact) mass is 420 g/mol. The molecule has 0 aliphatic rings. The second-order valence-corrected chi connectivity index (χ2v) is 7.80. The van der Waals surface area contributed by atoms with Crippen molar-refractivity contribution in [3.05, 3.63) is 82.3 Å². The maximum absolute atomic E-state index is 12.4. The molecule has 0 saturated heterocycles. The van der Waals surface area contributed by atoms with Crippen LogP contribution in [-0.2, 0) is 11.3 Å². The molecule has 4 rings (SSSR count). The zero-order valence-corrected chi connectivity index (χ0v) is 17.3. The second-order valence-electron chi connectivity index (χ2n) is 6.84. The fourth-order valence-electron chi connectivity index (χ4n) is 2.84. The minimum absolute atomic E-state index is 0.130. The van der Waals surface area contributed by atoms with Crippen LogP contribution in [0.1, 0.15) is 18.2 Å². The molecule has 7 nitrogen and oxygen atoms in total. The van der Waals surface area contributed by atoms with Crippen LogP contribution in [0.15, 0.2) is 65.5 Å². The first-order valence-corrected chi connectivity index (χ1v) is 10.3. The molecule has 0 fully saturated rings. The second kappa shape index (κ2) is 8.46. The van der Waals surface area contributed by atoms with E-state index < -0.39 is 6.10 Å². The lowest BCUT2D eigenvalue weighted by Gasteiger charge is -2.14. The van der Waals surface area contributed by atoms with Gasteiger partial charge in [0.1, 0.15) is 10.8 Å². The van der Waals surface area contributed by atoms with Crippen LogP contribution in [0, 0.1) is 6.92 Å². The van der Waals surface area contributed by atoms with E-state index in [0.717, 1.165) is 11.1 Å². The van der Waals surface area contributed by atoms with E-state index in [4.69, 9.17) is 4.74 Å². The Morgan fingerprint density at radius 2 is 1.90 bits per heavy atom. The van der Waals surface area contributed by atoms with Gasteiger partial charge in [-0.3, -0.25) is 9.59 Å². The first-order valence-electron chi connectivity index (χ1n) is 9.46. The number of nitrogens with zero attached hydrogens (tertiary/aromatic N) is 3. The topological polar surface area (TPSA) is 85.6 Å². The molecule has 0 aliphatic carbocycles. The summed E-state index contributed by atoms with van der Waals surface area (Å²) in [5, 5.41) is 7.83. The number of fused-ring (bicyclic) bond motifs is 1. The number of aromatic nitrogens is 3. The van der Waals surface area contributed by atoms with Crippen molar-refractivity contribution in [3.63, 3.8) is 0 Å². The molecule has 0 unspecified atom stereocenters. The van der Waals surface area contributed by atoms with Gasteiger partial charge in [-0.05, 0) is 26.0 Å². The Labute approximate surface area is 177 Å². The average molecular weight is 420 g/mol. The Morgan fingerprint density at radius 1 is 1.17 bits per heavy atom. The van der Waals surface area contributed by atoms with Crippen molar-refractivity contribution in [1.29, 1.82) is 0 Å². The highest BCUT2D eigenvalue weighted by Gasteiger charge is 2.16. The van der Waals surface area contributed by atoms with Crippen LogP contribution in [0.25, 0.3) is 15.5 Å². The van der Waals surface area contributed by atoms with Gasteiger partial charge in [-0.15, -0.1) is 0 Å². The largest absolute Gasteiger partial charge is 0.481 e. The van der Waals surface area contributed by atoms with Crippen molar-refractivity contribution in [1.82, 2.24) is 19.9 Å². The summed E-state index contributed by atoms with van der Waals surface area (Å²) < 4.78 is 6.94. The maximum atomic E-state index is 12.4. The maximum Gasteiger partial charge on any atom is 0.275 e. The Bertz CT molecular complexity index is 1230. The van der Waals surface area contributed by atoms with Gasteiger partial charge in [-0.25, -0.2) is 4.98 Å². The molecule has 0 bridgehead atoms. The fraction of sp³-hybridized carbons (Fsp3) is 0.182. The predicted molar refractivity (Wildman–Crippen MR) is 116 cm³/mol. The van der Waals surface area contributed by atoms with E-state index in [0.29, 0.717) is 21.4 Å². The van der Waals surface area contributed by atoms with Gasteiger partial charge < -0.3 is 10.1 Å². The van der Waals surface area contributed by atoms with Gasteiger partial charge in [-0.2, -0.15) is 9.61 Å². The van der Waals surface area contributed by atoms with Crippen molar-refractivity contribution in [2.24, 2.45) is 0 Å². The van der Waals surface area contributed by atoms with Gasteiger partial charge in [-0.1, -0.05) is 59.4 Å². The van der Waals surface area contributed by atoms with Crippen LogP contribution in [0.4, 0.5) is 0 Å². The summed E-state index contributed by atoms with van der Waals surface area (Å²) in [5.74, 6) is 0.339. The van der Waals surface area contributed by atoms with Gasteiger partial charge >= 0.3 is 0 Å². The minimum atomic E-state index is -0.675. The molecule has 1 amide bonds. The highest BCUT2D eigenvalue weighted by molar-refractivity contribution is 7.19. The number of carbonyl (C=O) groups excluding carboxylic acids is 1. The SMILES string of the molecule is Cc1ccc(O[C@@H](C)C(=O)NCc2cc(=O)n3nc(-c4ccccc4)sc3n2)cc1. The minimum Gasteiger partial charge on any atom is -0.481 e. The van der Waals surface area contributed by atoms with Crippen LogP contribution in [0.3, 0.4) is 0 Å². The summed E-state index contributed by atoms with van der Waals surface area (Å²) >= 11 is 1.33. The molecule has 2 aromatic heterocycles. The molecule has 4 aromatic rings. The first-order chi connectivity index (χ1) is 14.5. The van der Waals surface area contributed by atoms with Crippen molar-refractivity contribution in [2.75, 3.05) is 0 Å². The number of ether oxygens (including phenoxy) is 1. The molecule has 0 radical (unpaired) electrons. The average Bonchev–Trinajstić information content (AvgIpc) is 3.19. The van der Waals surface area contributed by atoms with E-state index >= 15 is 0 Å². The number of hydrogen-bond acceptors (Lipinski definition) is 6. The van der Waals surface area contributed by atoms with Gasteiger partial charge in [0.15, 0.2) is 6.10 Å². The van der Waals surface area contributed by atoms with E-state index in [1.807, 2.05) is 61.5 Å². The molecule has 0 aliphatic heterocycles. The van der Waals surface area contributed by atoms with Gasteiger partial charge in [0.25, 0.3) is 11.5 Å². The van der Waals surface area contributed by atoms with Crippen molar-refractivity contribution in [2.45, 2.75) is 26.5 Å². The Morgan fingerprint density at radius 3 is 2.63 bits per heavy atom. The van der Waals surface area contributed by atoms with E-state index in [-0.39, 0.29) is 18.0 Å². The molecular weight excluding hydrogens is 400 g/mol. The number of carbonyl (C=O) groups is 1. The third-order valence-electron chi connectivity index (χ3n) is 4.47. The Hall–Kier alpha value is -3.52. The lowest BCUT2D eigenvalue weighted by atomic mass is 10.2.